The Morgan fingerprint density at radius 2 is 1.97 bits per heavy atom. The number of H-pyrrole nitrogens is 1. The Balaban J connectivity index is 1.84. The maximum atomic E-state index is 13.1. The van der Waals surface area contributed by atoms with E-state index in [4.69, 9.17) is 20.5 Å². The van der Waals surface area contributed by atoms with Crippen molar-refractivity contribution in [2.75, 3.05) is 0 Å². The fourth-order valence-electron chi connectivity index (χ4n) is 5.00. The number of hydrogen-bond donors (Lipinski definition) is 1. The summed E-state index contributed by atoms with van der Waals surface area (Å²) in [6.07, 6.45) is -0.425. The average molecular weight is 465 g/mol. The number of allylic oxidation sites excluding steroid dienone is 2. The molecule has 0 saturated carbocycles. The van der Waals surface area contributed by atoms with Crippen LogP contribution in [0.1, 0.15) is 118 Å². The van der Waals surface area contributed by atoms with Gasteiger partial charge in [-0.15, -0.1) is 0 Å². The number of nitriles is 1. The molecule has 0 radical (unpaired) electrons. The lowest BCUT2D eigenvalue weighted by atomic mass is 9.76. The number of ether oxygens (including phenoxy) is 1. The van der Waals surface area contributed by atoms with Crippen LogP contribution in [0.15, 0.2) is 24.4 Å². The van der Waals surface area contributed by atoms with Gasteiger partial charge in [0, 0.05) is 22.1 Å². The first-order valence-electron chi connectivity index (χ1n) is 13.8. The Labute approximate surface area is 208 Å². The molecule has 1 atom stereocenters. The molecule has 1 saturated heterocycles. The molecular weight excluding hydrogens is 424 g/mol. The number of aromatic amines is 1. The summed E-state index contributed by atoms with van der Waals surface area (Å²) in [4.78, 5) is 24.8. The molecular formula is C28H36N4O2. The predicted molar refractivity (Wildman–Crippen MR) is 132 cm³/mol. The van der Waals surface area contributed by atoms with Crippen molar-refractivity contribution in [1.29, 1.82) is 5.26 Å². The van der Waals surface area contributed by atoms with Crippen LogP contribution in [-0.2, 0) is 11.2 Å². The fourth-order valence-corrected chi connectivity index (χ4v) is 5.00. The molecule has 1 aliphatic heterocycles. The number of ketones is 1. The highest BCUT2D eigenvalue weighted by atomic mass is 16.5. The highest BCUT2D eigenvalue weighted by Gasteiger charge is 2.40. The number of carbonyl (C=O) groups is 1. The van der Waals surface area contributed by atoms with Crippen LogP contribution in [0.4, 0.5) is 0 Å². The van der Waals surface area contributed by atoms with Crippen LogP contribution in [-0.4, -0.2) is 31.9 Å². The van der Waals surface area contributed by atoms with Crippen molar-refractivity contribution in [1.82, 2.24) is 15.0 Å². The first-order valence-corrected chi connectivity index (χ1v) is 11.8. The van der Waals surface area contributed by atoms with Gasteiger partial charge in [0.05, 0.1) is 24.5 Å². The van der Waals surface area contributed by atoms with Crippen LogP contribution in [0, 0.1) is 16.7 Å². The molecule has 2 aromatic heterocycles. The Morgan fingerprint density at radius 1 is 1.26 bits per heavy atom. The Bertz CT molecular complexity index is 1320. The lowest BCUT2D eigenvalue weighted by molar-refractivity contribution is -0.162. The lowest BCUT2D eigenvalue weighted by Crippen LogP contribution is -2.44. The molecule has 1 aliphatic carbocycles. The summed E-state index contributed by atoms with van der Waals surface area (Å²) in [5, 5.41) is 9.08. The normalized spacial score (nSPS) is 27.1. The third-order valence-electron chi connectivity index (χ3n) is 6.32. The van der Waals surface area contributed by atoms with Gasteiger partial charge >= 0.3 is 0 Å². The highest BCUT2D eigenvalue weighted by molar-refractivity contribution is 5.95. The van der Waals surface area contributed by atoms with Crippen LogP contribution < -0.4 is 0 Å². The molecule has 1 fully saturated rings. The number of Topliss-reactive ketones (excluding diaryl/α,β-unsaturated/α-hetero) is 1. The number of nitrogens with one attached hydrogen (secondary N) is 1. The lowest BCUT2D eigenvalue weighted by Gasteiger charge is -2.45. The summed E-state index contributed by atoms with van der Waals surface area (Å²) in [6.45, 7) is 11.8. The molecule has 34 heavy (non-hydrogen) atoms. The van der Waals surface area contributed by atoms with E-state index >= 15 is 0 Å². The van der Waals surface area contributed by atoms with Gasteiger partial charge in [0.1, 0.15) is 11.8 Å². The second-order valence-electron chi connectivity index (χ2n) is 11.3. The van der Waals surface area contributed by atoms with Crippen LogP contribution in [0.5, 0.6) is 0 Å². The molecule has 6 nitrogen and oxygen atoms in total. The first-order chi connectivity index (χ1) is 17.5. The van der Waals surface area contributed by atoms with Gasteiger partial charge in [0.25, 0.3) is 0 Å². The fraction of sp³-hybridized carbons (Fsp3) is 0.571. The van der Waals surface area contributed by atoms with Crippen molar-refractivity contribution in [2.24, 2.45) is 5.41 Å². The topological polar surface area (TPSA) is 91.7 Å². The minimum absolute atomic E-state index is 0.0352. The number of pyridine rings is 1. The zero-order valence-electron chi connectivity index (χ0n) is 24.9. The molecule has 3 heterocycles. The summed E-state index contributed by atoms with van der Waals surface area (Å²) >= 11 is 0. The van der Waals surface area contributed by atoms with Gasteiger partial charge in [0.2, 0.25) is 5.78 Å². The van der Waals surface area contributed by atoms with Gasteiger partial charge in [-0.05, 0) is 82.3 Å². The molecule has 6 heteroatoms. The molecule has 1 N–H and O–H groups in total. The summed E-state index contributed by atoms with van der Waals surface area (Å²) < 4.78 is 41.7. The zero-order chi connectivity index (χ0) is 28.3. The van der Waals surface area contributed by atoms with E-state index in [2.05, 4.69) is 9.97 Å². The first kappa shape index (κ1) is 19.5. The van der Waals surface area contributed by atoms with Gasteiger partial charge < -0.3 is 9.72 Å². The molecule has 0 amide bonds. The van der Waals surface area contributed by atoms with Crippen LogP contribution in [0.3, 0.4) is 0 Å². The minimum atomic E-state index is -2.14. The maximum absolute atomic E-state index is 13.1. The van der Waals surface area contributed by atoms with Crippen molar-refractivity contribution in [2.45, 2.75) is 97.1 Å². The van der Waals surface area contributed by atoms with E-state index in [-0.39, 0.29) is 64.6 Å². The maximum Gasteiger partial charge on any atom is 0.202 e. The van der Waals surface area contributed by atoms with Crippen molar-refractivity contribution in [3.63, 3.8) is 0 Å². The van der Waals surface area contributed by atoms with E-state index in [1.807, 2.05) is 39.8 Å². The summed E-state index contributed by atoms with van der Waals surface area (Å²) in [7, 11) is 0. The molecule has 180 valence electrons. The number of imidazole rings is 1. The van der Waals surface area contributed by atoms with Crippen molar-refractivity contribution < 1.29 is 15.0 Å². The zero-order valence-corrected chi connectivity index (χ0v) is 20.9. The molecule has 0 aromatic carbocycles. The van der Waals surface area contributed by atoms with Gasteiger partial charge in [0.15, 0.2) is 5.82 Å². The summed E-state index contributed by atoms with van der Waals surface area (Å²) in [6, 6.07) is 5.68. The SMILES string of the molecule is [2H]C1=C(c2nc(C3CC(C)(C)OC(C)(C)C3)ccc2CC(=O)c2ncc(C#N)[nH]2)C([2H])([2H])C([2H])C(C)(C)C1. The van der Waals surface area contributed by atoms with Crippen molar-refractivity contribution in [3.05, 3.63) is 52.9 Å². The monoisotopic (exact) mass is 464 g/mol. The molecule has 0 spiro atoms. The second kappa shape index (κ2) is 8.78. The van der Waals surface area contributed by atoms with E-state index in [9.17, 15) is 4.79 Å². The van der Waals surface area contributed by atoms with Crippen LogP contribution in [0.25, 0.3) is 5.57 Å². The van der Waals surface area contributed by atoms with Crippen LogP contribution >= 0.6 is 0 Å². The van der Waals surface area contributed by atoms with E-state index in [1.165, 1.54) is 6.20 Å². The number of aromatic nitrogens is 3. The number of rotatable bonds is 5. The number of carbonyl (C=O) groups excluding carboxylic acids is 1. The third kappa shape index (κ3) is 5.47. The second-order valence-corrected chi connectivity index (χ2v) is 11.3. The van der Waals surface area contributed by atoms with Gasteiger partial charge in [-0.3, -0.25) is 9.78 Å². The van der Waals surface area contributed by atoms with Crippen LogP contribution in [0.2, 0.25) is 0 Å². The third-order valence-corrected chi connectivity index (χ3v) is 6.32. The molecule has 0 bridgehead atoms. The van der Waals surface area contributed by atoms with Gasteiger partial charge in [-0.25, -0.2) is 4.98 Å². The standard InChI is InChI=1S/C28H36N4O2/c1-26(2)11-9-18(10-12-26)24-19(13-23(33)25-30-17-21(16-29)31-25)7-8-22(32-24)20-14-27(3,4)34-28(5,6)15-20/h7-9,17,20H,10-15H2,1-6H3,(H,30,31)/i9D,10D2,12D. The van der Waals surface area contributed by atoms with Crippen molar-refractivity contribution in [3.8, 4) is 6.07 Å². The number of nitrogens with zero attached hydrogens (tertiary/aromatic N) is 3. The Kier molecular flexibility index (Phi) is 5.04. The van der Waals surface area contributed by atoms with E-state index < -0.39 is 18.2 Å². The molecule has 2 aromatic rings. The quantitative estimate of drug-likeness (QED) is 0.536. The van der Waals surface area contributed by atoms with E-state index in [0.29, 0.717) is 5.56 Å². The summed E-state index contributed by atoms with van der Waals surface area (Å²) in [5.74, 6) is -0.300. The largest absolute Gasteiger partial charge is 0.370 e. The summed E-state index contributed by atoms with van der Waals surface area (Å²) in [5.41, 5.74) is 0.242. The Hall–Kier alpha value is -2.78. The van der Waals surface area contributed by atoms with Gasteiger partial charge in [-0.1, -0.05) is 26.0 Å². The molecule has 4 rings (SSSR count). The average Bonchev–Trinajstić information content (AvgIpc) is 3.26. The highest BCUT2D eigenvalue weighted by Crippen LogP contribution is 2.44. The Morgan fingerprint density at radius 3 is 2.62 bits per heavy atom. The van der Waals surface area contributed by atoms with E-state index in [0.717, 1.165) is 18.5 Å². The predicted octanol–water partition coefficient (Wildman–Crippen LogP) is 6.15. The van der Waals surface area contributed by atoms with Gasteiger partial charge in [-0.2, -0.15) is 5.26 Å². The molecule has 1 unspecified atom stereocenters. The van der Waals surface area contributed by atoms with E-state index in [1.54, 1.807) is 19.9 Å². The smallest absolute Gasteiger partial charge is 0.202 e. The van der Waals surface area contributed by atoms with Crippen molar-refractivity contribution >= 4 is 11.4 Å². The molecule has 2 aliphatic rings. The minimum Gasteiger partial charge on any atom is -0.370 e. The number of hydrogen-bond acceptors (Lipinski definition) is 5.